The molecule has 2 aliphatic heterocycles. The maximum atomic E-state index is 2.46. The third-order valence-electron chi connectivity index (χ3n) is 11.6. The summed E-state index contributed by atoms with van der Waals surface area (Å²) in [6.45, 7) is 0. The summed E-state index contributed by atoms with van der Waals surface area (Å²) >= 11 is 0. The number of hydrogen-bond donors (Lipinski definition) is 0. The first-order chi connectivity index (χ1) is 26.8. The van der Waals surface area contributed by atoms with Gasteiger partial charge in [0.1, 0.15) is 0 Å². The first-order valence-corrected chi connectivity index (χ1v) is 18.7. The zero-order valence-corrected chi connectivity index (χ0v) is 29.4. The number of fused-ring (bicyclic) bond motifs is 10. The van der Waals surface area contributed by atoms with E-state index in [1.165, 1.54) is 99.6 Å². The Morgan fingerprint density at radius 3 is 0.704 bits per heavy atom. The summed E-state index contributed by atoms with van der Waals surface area (Å²) in [4.78, 5) is 4.92. The molecule has 2 aliphatic rings. The van der Waals surface area contributed by atoms with Crippen LogP contribution in [-0.4, -0.2) is 0 Å². The van der Waals surface area contributed by atoms with Crippen molar-refractivity contribution in [1.29, 1.82) is 0 Å². The molecule has 0 N–H and O–H groups in total. The normalized spacial score (nSPS) is 12.7. The van der Waals surface area contributed by atoms with E-state index < -0.39 is 0 Å². The van der Waals surface area contributed by atoms with E-state index >= 15 is 0 Å². The Morgan fingerprint density at radius 2 is 0.444 bits per heavy atom. The minimum Gasteiger partial charge on any atom is -0.309 e. The van der Waals surface area contributed by atoms with Gasteiger partial charge in [0, 0.05) is 33.6 Å². The highest BCUT2D eigenvalue weighted by Gasteiger charge is 2.28. The number of nitrogens with zero attached hydrogens (tertiary/aromatic N) is 2. The molecular formula is C52H32N2. The Kier molecular flexibility index (Phi) is 6.09. The van der Waals surface area contributed by atoms with Crippen molar-refractivity contribution in [3.63, 3.8) is 0 Å². The lowest BCUT2D eigenvalue weighted by atomic mass is 9.92. The quantitative estimate of drug-likeness (QED) is 0.167. The fraction of sp³-hybridized carbons (Fsp3) is 0. The summed E-state index contributed by atoms with van der Waals surface area (Å²) in [6.07, 6.45) is 0. The van der Waals surface area contributed by atoms with Crippen LogP contribution in [0.4, 0.5) is 34.1 Å². The molecule has 10 aromatic rings. The lowest BCUT2D eigenvalue weighted by Crippen LogP contribution is -2.11. The van der Waals surface area contributed by atoms with Gasteiger partial charge in [0.15, 0.2) is 0 Å². The first-order valence-electron chi connectivity index (χ1n) is 18.7. The zero-order chi connectivity index (χ0) is 35.3. The second-order valence-electron chi connectivity index (χ2n) is 14.5. The molecule has 2 heterocycles. The molecule has 2 heteroatoms. The van der Waals surface area contributed by atoms with Gasteiger partial charge in [-0.25, -0.2) is 0 Å². The molecule has 0 aliphatic carbocycles. The lowest BCUT2D eigenvalue weighted by molar-refractivity contribution is 1.30. The van der Waals surface area contributed by atoms with Crippen molar-refractivity contribution in [2.24, 2.45) is 0 Å². The SMILES string of the molecule is c1ccc2c(c1)-c1ccccc1N(c1cc3ccc4cc(N5c6ccccc6-c6ccccc6-c6ccccc65)cc5ccc(c1)c3c45)c1ccccc1-2. The molecule has 0 fully saturated rings. The molecule has 250 valence electrons. The molecule has 0 amide bonds. The van der Waals surface area contributed by atoms with Gasteiger partial charge in [-0.05, 0) is 103 Å². The van der Waals surface area contributed by atoms with Crippen LogP contribution in [0.1, 0.15) is 0 Å². The maximum absolute atomic E-state index is 2.46. The molecule has 0 saturated carbocycles. The summed E-state index contributed by atoms with van der Waals surface area (Å²) in [5, 5.41) is 7.59. The molecule has 2 nitrogen and oxygen atoms in total. The Morgan fingerprint density at radius 1 is 0.222 bits per heavy atom. The largest absolute Gasteiger partial charge is 0.309 e. The summed E-state index contributed by atoms with van der Waals surface area (Å²) < 4.78 is 0. The Hall–Kier alpha value is -7.16. The van der Waals surface area contributed by atoms with Crippen LogP contribution < -0.4 is 9.80 Å². The van der Waals surface area contributed by atoms with Gasteiger partial charge in [-0.2, -0.15) is 0 Å². The van der Waals surface area contributed by atoms with Crippen LogP contribution in [-0.2, 0) is 0 Å². The van der Waals surface area contributed by atoms with Crippen LogP contribution in [0.25, 0.3) is 76.8 Å². The highest BCUT2D eigenvalue weighted by molar-refractivity contribution is 6.25. The zero-order valence-electron chi connectivity index (χ0n) is 29.4. The van der Waals surface area contributed by atoms with Crippen LogP contribution in [0, 0.1) is 0 Å². The van der Waals surface area contributed by atoms with Gasteiger partial charge in [-0.3, -0.25) is 0 Å². The van der Waals surface area contributed by atoms with Gasteiger partial charge >= 0.3 is 0 Å². The molecule has 0 unspecified atom stereocenters. The van der Waals surface area contributed by atoms with E-state index in [2.05, 4.69) is 204 Å². The van der Waals surface area contributed by atoms with Crippen molar-refractivity contribution in [3.05, 3.63) is 194 Å². The average molecular weight is 685 g/mol. The fourth-order valence-electron chi connectivity index (χ4n) is 9.37. The molecule has 0 saturated heterocycles. The van der Waals surface area contributed by atoms with Gasteiger partial charge in [0.05, 0.1) is 22.7 Å². The highest BCUT2D eigenvalue weighted by atomic mass is 15.2. The summed E-state index contributed by atoms with van der Waals surface area (Å²) in [5.41, 5.74) is 17.1. The summed E-state index contributed by atoms with van der Waals surface area (Å²) in [7, 11) is 0. The molecule has 54 heavy (non-hydrogen) atoms. The monoisotopic (exact) mass is 684 g/mol. The van der Waals surface area contributed by atoms with Crippen LogP contribution in [0.5, 0.6) is 0 Å². The lowest BCUT2D eigenvalue weighted by Gasteiger charge is -2.29. The molecule has 0 aromatic heterocycles. The van der Waals surface area contributed by atoms with Gasteiger partial charge in [0.25, 0.3) is 0 Å². The standard InChI is InChI=1S/C52H32N2/c1-2-14-40-39(13-1)43-17-5-9-21-47(43)53(48-22-10-6-18-44(40)48)37-29-33-25-27-35-31-38(32-36-28-26-34(30-37)51(33)52(35)36)54-49-23-11-7-19-45(49)41-15-3-4-16-42(41)46-20-8-12-24-50(46)54/h1-32H. The van der Waals surface area contributed by atoms with E-state index in [1.807, 2.05) is 0 Å². The molecule has 0 spiro atoms. The summed E-state index contributed by atoms with van der Waals surface area (Å²) in [6, 6.07) is 71.8. The minimum absolute atomic E-state index is 1.16. The van der Waals surface area contributed by atoms with E-state index in [1.54, 1.807) is 0 Å². The van der Waals surface area contributed by atoms with Gasteiger partial charge in [-0.15, -0.1) is 0 Å². The van der Waals surface area contributed by atoms with E-state index in [0.717, 1.165) is 11.4 Å². The van der Waals surface area contributed by atoms with Crippen LogP contribution in [0.15, 0.2) is 194 Å². The predicted molar refractivity (Wildman–Crippen MR) is 228 cm³/mol. The van der Waals surface area contributed by atoms with Crippen molar-refractivity contribution >= 4 is 66.4 Å². The Balaban J connectivity index is 1.07. The van der Waals surface area contributed by atoms with E-state index in [4.69, 9.17) is 0 Å². The van der Waals surface area contributed by atoms with Crippen LogP contribution in [0.2, 0.25) is 0 Å². The third-order valence-corrected chi connectivity index (χ3v) is 11.6. The Labute approximate surface area is 313 Å². The number of rotatable bonds is 2. The smallest absolute Gasteiger partial charge is 0.0540 e. The average Bonchev–Trinajstić information content (AvgIpc) is 3.44. The predicted octanol–water partition coefficient (Wildman–Crippen LogP) is 14.8. The van der Waals surface area contributed by atoms with Gasteiger partial charge in [0.2, 0.25) is 0 Å². The topological polar surface area (TPSA) is 6.48 Å². The Bertz CT molecular complexity index is 2730. The maximum Gasteiger partial charge on any atom is 0.0540 e. The number of benzene rings is 10. The number of hydrogen-bond acceptors (Lipinski definition) is 2. The van der Waals surface area contributed by atoms with Crippen molar-refractivity contribution in [3.8, 4) is 44.5 Å². The molecule has 0 atom stereocenters. The molecule has 10 aromatic carbocycles. The van der Waals surface area contributed by atoms with Crippen molar-refractivity contribution in [2.75, 3.05) is 9.80 Å². The second kappa shape index (κ2) is 11.2. The second-order valence-corrected chi connectivity index (χ2v) is 14.5. The van der Waals surface area contributed by atoms with E-state index in [9.17, 15) is 0 Å². The van der Waals surface area contributed by atoms with Gasteiger partial charge < -0.3 is 9.80 Å². The molecule has 0 bridgehead atoms. The molecule has 12 rings (SSSR count). The van der Waals surface area contributed by atoms with Crippen molar-refractivity contribution in [1.82, 2.24) is 0 Å². The highest BCUT2D eigenvalue weighted by Crippen LogP contribution is 2.53. The molecule has 0 radical (unpaired) electrons. The minimum atomic E-state index is 1.16. The van der Waals surface area contributed by atoms with Gasteiger partial charge in [-0.1, -0.05) is 146 Å². The summed E-state index contributed by atoms with van der Waals surface area (Å²) in [5.74, 6) is 0. The third kappa shape index (κ3) is 4.11. The van der Waals surface area contributed by atoms with Crippen LogP contribution >= 0.6 is 0 Å². The van der Waals surface area contributed by atoms with Crippen molar-refractivity contribution < 1.29 is 0 Å². The number of para-hydroxylation sites is 4. The fourth-order valence-corrected chi connectivity index (χ4v) is 9.37. The van der Waals surface area contributed by atoms with Crippen LogP contribution in [0.3, 0.4) is 0 Å². The van der Waals surface area contributed by atoms with E-state index in [0.29, 0.717) is 0 Å². The van der Waals surface area contributed by atoms with Crippen molar-refractivity contribution in [2.45, 2.75) is 0 Å². The van der Waals surface area contributed by atoms with E-state index in [-0.39, 0.29) is 0 Å². The number of anilines is 6. The first kappa shape index (κ1) is 29.4. The molecular weight excluding hydrogens is 653 g/mol.